The van der Waals surface area contributed by atoms with Gasteiger partial charge in [0.25, 0.3) is 10.1 Å². The molecule has 0 saturated carbocycles. The molecule has 0 radical (unpaired) electrons. The highest BCUT2D eigenvalue weighted by Crippen LogP contribution is 2.31. The molecule has 0 spiro atoms. The minimum absolute atomic E-state index is 0.0393. The maximum absolute atomic E-state index is 12.4. The number of nitrogens with zero attached hydrogens (tertiary/aromatic N) is 1. The predicted octanol–water partition coefficient (Wildman–Crippen LogP) is -0.612. The van der Waals surface area contributed by atoms with Gasteiger partial charge in [-0.1, -0.05) is 6.07 Å². The van der Waals surface area contributed by atoms with Gasteiger partial charge >= 0.3 is 6.09 Å². The van der Waals surface area contributed by atoms with Gasteiger partial charge in [-0.3, -0.25) is 8.98 Å². The third kappa shape index (κ3) is 5.03. The average Bonchev–Trinajstić information content (AvgIpc) is 2.63. The van der Waals surface area contributed by atoms with Crippen LogP contribution in [0.5, 0.6) is 11.5 Å². The molecule has 1 saturated heterocycles. The standard InChI is InChI=1S/C16H22N2O9S/c1-25-11-5-4-9(6-12(11)26-2)7-18-14(10(19)8-27-28(3,23)24)13(15(18)20)17-16(21)22/h4-6,10,13-14,17,19H,7-8H2,1-3H3,(H,21,22)/t10-,13-,14+/m0/s1. The molecule has 3 atom stereocenters. The minimum atomic E-state index is -3.81. The lowest BCUT2D eigenvalue weighted by atomic mass is 9.89. The zero-order valence-corrected chi connectivity index (χ0v) is 16.3. The number of β-lactam (4-membered cyclic amide) rings is 1. The maximum Gasteiger partial charge on any atom is 0.405 e. The summed E-state index contributed by atoms with van der Waals surface area (Å²) in [5, 5.41) is 21.2. The van der Waals surface area contributed by atoms with E-state index < -0.39 is 46.9 Å². The molecule has 0 aromatic heterocycles. The van der Waals surface area contributed by atoms with Gasteiger partial charge < -0.3 is 29.9 Å². The van der Waals surface area contributed by atoms with E-state index in [0.29, 0.717) is 17.1 Å². The van der Waals surface area contributed by atoms with E-state index in [1.54, 1.807) is 18.2 Å². The summed E-state index contributed by atoms with van der Waals surface area (Å²) in [5.41, 5.74) is 0.640. The molecule has 156 valence electrons. The van der Waals surface area contributed by atoms with Crippen LogP contribution in [0.1, 0.15) is 5.56 Å². The molecule has 0 unspecified atom stereocenters. The van der Waals surface area contributed by atoms with Crippen LogP contribution in [0.4, 0.5) is 4.79 Å². The van der Waals surface area contributed by atoms with Crippen LogP contribution in [0.15, 0.2) is 18.2 Å². The van der Waals surface area contributed by atoms with Gasteiger partial charge in [0.05, 0.1) is 33.1 Å². The largest absolute Gasteiger partial charge is 0.493 e. The first-order valence-corrected chi connectivity index (χ1v) is 9.92. The van der Waals surface area contributed by atoms with Gasteiger partial charge in [0.15, 0.2) is 11.5 Å². The van der Waals surface area contributed by atoms with Crippen LogP contribution in [-0.2, 0) is 25.6 Å². The van der Waals surface area contributed by atoms with E-state index in [2.05, 4.69) is 4.18 Å². The summed E-state index contributed by atoms with van der Waals surface area (Å²) in [6.07, 6.45) is -2.05. The first kappa shape index (κ1) is 21.7. The van der Waals surface area contributed by atoms with Gasteiger partial charge in [-0.15, -0.1) is 0 Å². The fraction of sp³-hybridized carbons (Fsp3) is 0.500. The highest BCUT2D eigenvalue weighted by molar-refractivity contribution is 7.85. The monoisotopic (exact) mass is 418 g/mol. The number of aliphatic hydroxyl groups excluding tert-OH is 1. The number of methoxy groups -OCH3 is 2. The Balaban J connectivity index is 2.20. The van der Waals surface area contributed by atoms with Crippen molar-refractivity contribution in [1.29, 1.82) is 0 Å². The maximum atomic E-state index is 12.4. The summed E-state index contributed by atoms with van der Waals surface area (Å²) in [6.45, 7) is -0.575. The van der Waals surface area contributed by atoms with Gasteiger partial charge in [0, 0.05) is 6.54 Å². The summed E-state index contributed by atoms with van der Waals surface area (Å²) in [5.74, 6) is 0.371. The lowest BCUT2D eigenvalue weighted by Crippen LogP contribution is -2.74. The molecule has 28 heavy (non-hydrogen) atoms. The van der Waals surface area contributed by atoms with Crippen LogP contribution in [0.2, 0.25) is 0 Å². The number of aliphatic hydroxyl groups is 1. The van der Waals surface area contributed by atoms with E-state index in [1.807, 2.05) is 5.32 Å². The van der Waals surface area contributed by atoms with Crippen LogP contribution in [0.3, 0.4) is 0 Å². The molecule has 2 amide bonds. The Hall–Kier alpha value is -2.57. The van der Waals surface area contributed by atoms with Gasteiger partial charge in [0.2, 0.25) is 5.91 Å². The molecule has 3 N–H and O–H groups in total. The zero-order valence-electron chi connectivity index (χ0n) is 15.5. The van der Waals surface area contributed by atoms with Crippen molar-refractivity contribution in [2.45, 2.75) is 24.7 Å². The fourth-order valence-corrected chi connectivity index (χ4v) is 3.32. The van der Waals surface area contributed by atoms with Gasteiger partial charge in [-0.05, 0) is 17.7 Å². The third-order valence-electron chi connectivity index (χ3n) is 4.18. The number of nitrogens with one attached hydrogen (secondary N) is 1. The van der Waals surface area contributed by atoms with E-state index in [0.717, 1.165) is 6.26 Å². The average molecular weight is 418 g/mol. The number of likely N-dealkylation sites (tertiary alicyclic amines) is 1. The van der Waals surface area contributed by atoms with Gasteiger partial charge in [0.1, 0.15) is 12.1 Å². The number of carbonyl (C=O) groups excluding carboxylic acids is 1. The molecular formula is C16H22N2O9S. The molecule has 1 fully saturated rings. The van der Waals surface area contributed by atoms with Crippen molar-refractivity contribution in [3.63, 3.8) is 0 Å². The van der Waals surface area contributed by atoms with Gasteiger partial charge in [-0.2, -0.15) is 8.42 Å². The van der Waals surface area contributed by atoms with Crippen LogP contribution in [0.25, 0.3) is 0 Å². The summed E-state index contributed by atoms with van der Waals surface area (Å²) in [7, 11) is -0.879. The van der Waals surface area contributed by atoms with E-state index >= 15 is 0 Å². The second-order valence-corrected chi connectivity index (χ2v) is 7.77. The summed E-state index contributed by atoms with van der Waals surface area (Å²) in [6, 6.07) is 2.75. The van der Waals surface area contributed by atoms with E-state index in [1.165, 1.54) is 19.1 Å². The summed E-state index contributed by atoms with van der Waals surface area (Å²) < 4.78 is 37.2. The van der Waals surface area contributed by atoms with Crippen molar-refractivity contribution in [2.75, 3.05) is 27.1 Å². The smallest absolute Gasteiger partial charge is 0.405 e. The highest BCUT2D eigenvalue weighted by atomic mass is 32.2. The van der Waals surface area contributed by atoms with Crippen molar-refractivity contribution in [3.05, 3.63) is 23.8 Å². The molecule has 1 aromatic rings. The molecule has 1 heterocycles. The molecular weight excluding hydrogens is 396 g/mol. The van der Waals surface area contributed by atoms with Crippen molar-refractivity contribution in [1.82, 2.24) is 10.2 Å². The number of rotatable bonds is 9. The zero-order chi connectivity index (χ0) is 21.1. The summed E-state index contributed by atoms with van der Waals surface area (Å²) >= 11 is 0. The topological polar surface area (TPSA) is 152 Å². The van der Waals surface area contributed by atoms with Crippen LogP contribution < -0.4 is 14.8 Å². The number of carbonyl (C=O) groups is 2. The molecule has 1 aliphatic rings. The molecule has 1 aromatic carbocycles. The van der Waals surface area contributed by atoms with Crippen molar-refractivity contribution in [2.24, 2.45) is 0 Å². The predicted molar refractivity (Wildman–Crippen MR) is 95.6 cm³/mol. The number of hydrogen-bond acceptors (Lipinski definition) is 8. The van der Waals surface area contributed by atoms with Crippen LogP contribution in [-0.4, -0.2) is 80.8 Å². The molecule has 1 aliphatic heterocycles. The second-order valence-electron chi connectivity index (χ2n) is 6.13. The van der Waals surface area contributed by atoms with Crippen molar-refractivity contribution >= 4 is 22.1 Å². The first-order chi connectivity index (χ1) is 13.1. The number of carboxylic acid groups (broad SMARTS) is 1. The number of amides is 2. The molecule has 0 aliphatic carbocycles. The number of ether oxygens (including phenoxy) is 2. The first-order valence-electron chi connectivity index (χ1n) is 8.10. The van der Waals surface area contributed by atoms with Crippen molar-refractivity contribution < 1.29 is 41.9 Å². The molecule has 12 heteroatoms. The summed E-state index contributed by atoms with van der Waals surface area (Å²) in [4.78, 5) is 24.5. The Morgan fingerprint density at radius 1 is 1.29 bits per heavy atom. The Morgan fingerprint density at radius 3 is 2.46 bits per heavy atom. The molecule has 0 bridgehead atoms. The number of hydrogen-bond donors (Lipinski definition) is 3. The van der Waals surface area contributed by atoms with E-state index in [-0.39, 0.29) is 6.54 Å². The second kappa shape index (κ2) is 8.63. The fourth-order valence-electron chi connectivity index (χ4n) is 2.93. The molecule has 2 rings (SSSR count). The Labute approximate surface area is 161 Å². The minimum Gasteiger partial charge on any atom is -0.493 e. The van der Waals surface area contributed by atoms with Crippen LogP contribution in [0, 0.1) is 0 Å². The van der Waals surface area contributed by atoms with E-state index in [4.69, 9.17) is 14.6 Å². The van der Waals surface area contributed by atoms with Gasteiger partial charge in [-0.25, -0.2) is 4.79 Å². The van der Waals surface area contributed by atoms with Crippen LogP contribution >= 0.6 is 0 Å². The Kier molecular flexibility index (Phi) is 6.69. The third-order valence-corrected chi connectivity index (χ3v) is 4.74. The lowest BCUT2D eigenvalue weighted by Gasteiger charge is -2.48. The highest BCUT2D eigenvalue weighted by Gasteiger charge is 2.51. The Bertz CT molecular complexity index is 843. The van der Waals surface area contributed by atoms with E-state index in [9.17, 15) is 23.1 Å². The lowest BCUT2D eigenvalue weighted by molar-refractivity contribution is -0.160. The van der Waals surface area contributed by atoms with Crippen molar-refractivity contribution in [3.8, 4) is 11.5 Å². The molecule has 11 nitrogen and oxygen atoms in total. The normalized spacial score (nSPS) is 20.3. The Morgan fingerprint density at radius 2 is 1.93 bits per heavy atom. The SMILES string of the molecule is COc1ccc(CN2C(=O)[C@@H](NC(=O)O)[C@H]2[C@@H](O)COS(C)(=O)=O)cc1OC. The quantitative estimate of drug-likeness (QED) is 0.352. The number of benzene rings is 1.